The Labute approximate surface area is 769 Å². The molecule has 50 nitrogen and oxygen atoms in total. The van der Waals surface area contributed by atoms with E-state index < -0.39 is 424 Å². The molecule has 2 unspecified atom stereocenters. The highest BCUT2D eigenvalue weighted by Crippen LogP contribution is 2.43. The Morgan fingerprint density at radius 1 is 0.192 bits per heavy atom. The number of rotatable bonds is 40. The van der Waals surface area contributed by atoms with Crippen molar-refractivity contribution < 1.29 is 245 Å². The Morgan fingerprint density at radius 3 is 0.462 bits per heavy atom. The molecule has 0 aromatic rings. The lowest BCUT2D eigenvalue weighted by Gasteiger charge is -2.51. The molecule has 30 fully saturated rings. The summed E-state index contributed by atoms with van der Waals surface area (Å²) in [6.07, 6.45) is -90.5. The molecule has 30 heterocycles. The smallest absolute Gasteiger partial charge is 0.304 e. The van der Waals surface area contributed by atoms with Crippen molar-refractivity contribution in [1.82, 2.24) is 0 Å². The molecule has 58 heteroatoms. The van der Waals surface area contributed by atoms with Gasteiger partial charge in [0, 0.05) is 102 Å². The van der Waals surface area contributed by atoms with Gasteiger partial charge in [-0.25, -0.2) is 0 Å². The lowest BCUT2D eigenvalue weighted by Crippen LogP contribution is -2.69. The van der Waals surface area contributed by atoms with E-state index in [9.17, 15) is 169 Å². The second-order valence-corrected chi connectivity index (χ2v) is 41.4. The normalized spacial score (nSPS) is 41.5. The van der Waals surface area contributed by atoms with Gasteiger partial charge < -0.3 is 198 Å². The predicted molar refractivity (Wildman–Crippen MR) is 442 cm³/mol. The van der Waals surface area contributed by atoms with Gasteiger partial charge in [-0.3, -0.25) is 46.8 Å². The van der Waals surface area contributed by atoms with Crippen LogP contribution in [0.4, 0.5) is 0 Å². The molecule has 30 saturated heterocycles. The maximum Gasteiger partial charge on any atom is 0.304 e. The predicted octanol–water partition coefficient (Wildman–Crippen LogP) is -9.65. The maximum atomic E-state index is 13.9. The Morgan fingerprint density at radius 2 is 0.323 bits per heavy atom. The minimum Gasteiger partial charge on any atom is -0.481 e. The van der Waals surface area contributed by atoms with Gasteiger partial charge in [-0.2, -0.15) is 70.6 Å². The minimum atomic E-state index is -2.50. The van der Waals surface area contributed by atoms with Crippen LogP contribution in [0.5, 0.6) is 0 Å². The molecule has 30 aliphatic heterocycles. The van der Waals surface area contributed by atoms with Gasteiger partial charge in [-0.1, -0.05) is 0 Å². The molecule has 0 spiro atoms. The van der Waals surface area contributed by atoms with E-state index in [2.05, 4.69) is 0 Å². The number of carbonyl (C=O) groups is 8. The van der Waals surface area contributed by atoms with E-state index in [1.54, 1.807) is 0 Å². The van der Waals surface area contributed by atoms with Crippen molar-refractivity contribution in [3.05, 3.63) is 0 Å². The Hall–Kier alpha value is -3.12. The third-order valence-corrected chi connectivity index (χ3v) is 30.8. The molecular formula is C72H112O50S8. The van der Waals surface area contributed by atoms with Crippen molar-refractivity contribution in [2.45, 2.75) is 297 Å². The highest BCUT2D eigenvalue weighted by molar-refractivity contribution is 8.00. The summed E-state index contributed by atoms with van der Waals surface area (Å²) < 4.78 is 127. The molecular weight excluding hydrogens is 1920 g/mol. The summed E-state index contributed by atoms with van der Waals surface area (Å²) >= 11 is 5.08. The largest absolute Gasteiger partial charge is 0.481 e. The number of thioether (sulfide) groups is 6. The Kier molecular flexibility index (Phi) is 44.9. The zero-order chi connectivity index (χ0) is 95.4. The van der Waals surface area contributed by atoms with Gasteiger partial charge in [-0.05, 0) is 0 Å². The molecule has 30 aliphatic rings. The first-order valence-electron chi connectivity index (χ1n) is 40.8. The summed E-state index contributed by atoms with van der Waals surface area (Å²) in [6.45, 7) is 0. The lowest BCUT2D eigenvalue weighted by atomic mass is 9.95. The van der Waals surface area contributed by atoms with Gasteiger partial charge in [0.05, 0.1) is 99.5 Å². The fourth-order valence-electron chi connectivity index (χ4n) is 14.9. The molecule has 24 N–H and O–H groups in total. The lowest BCUT2D eigenvalue weighted by molar-refractivity contribution is -0.396. The number of ether oxygens (including phenoxy) is 16. The van der Waals surface area contributed by atoms with Gasteiger partial charge in [0.2, 0.25) is 0 Å². The van der Waals surface area contributed by atoms with Crippen LogP contribution in [0.1, 0.15) is 51.4 Å². The van der Waals surface area contributed by atoms with Crippen LogP contribution in [0.15, 0.2) is 0 Å². The number of carboxylic acids is 8. The molecule has 16 bridgehead atoms. The van der Waals surface area contributed by atoms with Gasteiger partial charge in [-0.15, -0.1) is 0 Å². The Bertz CT molecular complexity index is 3570. The first-order valence-corrected chi connectivity index (χ1v) is 50.7. The maximum absolute atomic E-state index is 13.9. The van der Waals surface area contributed by atoms with Crippen LogP contribution in [0.2, 0.25) is 0 Å². The monoisotopic (exact) mass is 2030 g/mol. The first-order chi connectivity index (χ1) is 61.5. The average Bonchev–Trinajstić information content (AvgIpc) is 0.768. The number of carboxylic acid groups (broad SMARTS) is 8. The average molecular weight is 2030 g/mol. The summed E-state index contributed by atoms with van der Waals surface area (Å²) in [4.78, 5) is 94.4. The molecule has 30 rings (SSSR count). The fourth-order valence-corrected chi connectivity index (χ4v) is 23.2. The third kappa shape index (κ3) is 30.9. The molecule has 130 heavy (non-hydrogen) atoms. The molecule has 748 valence electrons. The third-order valence-electron chi connectivity index (χ3n) is 21.7. The summed E-state index contributed by atoms with van der Waals surface area (Å²) in [5.74, 6) is -17.3. The van der Waals surface area contributed by atoms with Gasteiger partial charge in [0.1, 0.15) is 159 Å². The van der Waals surface area contributed by atoms with Crippen molar-refractivity contribution in [2.24, 2.45) is 0 Å². The van der Waals surface area contributed by atoms with Crippen LogP contribution in [-0.2, 0) is 136 Å². The molecule has 0 aromatic carbocycles. The molecule has 0 amide bonds. The van der Waals surface area contributed by atoms with Crippen LogP contribution in [0, 0.1) is 0 Å². The standard InChI is InChI=1S/C72H112O50S8/c73-33(74)1-9-123-17-25-57-42(90)50(98)66(108-25)117-59-27(19-125-11-3-35(77)78)110-68(52(100)44(59)92)119-61-29(21-127-13-5-37(81)82)112-70(54(102)46(61)94)121-63-31(23-129(105)15-7-39(85)86)114-72(56(104)48(63)96)122-64-32(24-130(106)16-8-40(87)88)113-71(55(103)47(64)95)120-62-30(22-128-14-6-38(83)84)111-69(53(101)45(62)93)118-60-28(20-126-12-4-36(79)80)109-67(51(99)43(60)91)116-58-26(18-124-10-2-34(75)76)107-65(115-57)49(97)41(58)89/h25-32,41-72,89-104H,1-24H2,(H,73,74)(H,75,76)(H,77,78)(H,79,80)(H,81,82)(H,83,84)(H,85,86)(H,87,88)/t25-,26-,27-,28-,29-,30-,31-,32-,41-,42-,43-,44-,45-,46-,47-,48-,49-,50-,51-,52-,53-,54-,55-,56-,57-,58-,59-,60-,61-,62-,63-,64-,65-,66-,67-,68-,69-,70-,71-,72-,129?,130?/m1/s1. The summed E-state index contributed by atoms with van der Waals surface area (Å²) in [5, 5.41) is 272. The molecule has 0 saturated carbocycles. The van der Waals surface area contributed by atoms with Crippen molar-refractivity contribution in [3.63, 3.8) is 0 Å². The van der Waals surface area contributed by atoms with E-state index in [0.29, 0.717) is 0 Å². The number of aliphatic carboxylic acids is 8. The van der Waals surface area contributed by atoms with Crippen molar-refractivity contribution >= 4 is 140 Å². The van der Waals surface area contributed by atoms with E-state index in [1.165, 1.54) is 0 Å². The summed E-state index contributed by atoms with van der Waals surface area (Å²) in [6, 6.07) is 0. The first kappa shape index (κ1) is 111. The Balaban J connectivity index is 1.13. The van der Waals surface area contributed by atoms with E-state index in [-0.39, 0.29) is 34.5 Å². The highest BCUT2D eigenvalue weighted by atomic mass is 32.2. The van der Waals surface area contributed by atoms with Crippen LogP contribution in [0.3, 0.4) is 0 Å². The molecule has 0 aromatic heterocycles. The number of hydrogen-bond donors (Lipinski definition) is 24. The van der Waals surface area contributed by atoms with E-state index in [4.69, 9.17) is 75.8 Å². The van der Waals surface area contributed by atoms with Crippen molar-refractivity contribution in [1.29, 1.82) is 0 Å². The van der Waals surface area contributed by atoms with Gasteiger partial charge >= 0.3 is 47.8 Å². The van der Waals surface area contributed by atoms with Crippen molar-refractivity contribution in [3.8, 4) is 0 Å². The SMILES string of the molecule is O=C(O)CCSC[C@H]1O[C@@H]2O[C@H]3[C@H](O)[C@@H](O)[C@@H](O[C@H]4[C@H](O)[C@@H](O)[C@@H](O[C@H]5[C@H](O)[C@@H](O)[C@@H](O[C@H]6[C@H](O)[C@@H](O)[C@@H](O[C@H]7[C@H](O)[C@@H](O)[C@@H](O[C@H]8[C@H](O)[C@@H](O)[C@@H](O[C@H]9[C@H](O)[C@@H](O)[C@@H](O[C@H]1[C@H](O)[C@H]2O)O[C@@H]9CSCCC(=O)O)O[C@@H]8CSCCC(=O)O)O[C@@H]7CSCCC(=O)O)O[C@@H]6CS(=O)CCC(=O)O)O[C@@H]5CS(=O)CCC(=O)O)O[C@@H]4CSCCC(=O)O)O[C@@H]3CSCCC(=O)O. The highest BCUT2D eigenvalue weighted by Gasteiger charge is 2.61. The number of aliphatic hydroxyl groups excluding tert-OH is 16. The number of aliphatic hydroxyl groups is 16. The fraction of sp³-hybridized carbons (Fsp3) is 0.889. The summed E-state index contributed by atoms with van der Waals surface area (Å²) in [7, 11) is -4.70. The topological polar surface area (TPSA) is 804 Å². The minimum absolute atomic E-state index is 0.176. The van der Waals surface area contributed by atoms with Crippen LogP contribution < -0.4 is 0 Å². The van der Waals surface area contributed by atoms with E-state index in [0.717, 1.165) is 70.6 Å². The zero-order valence-electron chi connectivity index (χ0n) is 68.7. The quantitative estimate of drug-likeness (QED) is 0.0253. The van der Waals surface area contributed by atoms with E-state index >= 15 is 0 Å². The second-order valence-electron chi connectivity index (χ2n) is 31.2. The molecule has 42 atom stereocenters. The van der Waals surface area contributed by atoms with Crippen molar-refractivity contribution in [2.75, 3.05) is 92.0 Å². The molecule has 0 radical (unpaired) electrons. The van der Waals surface area contributed by atoms with Crippen LogP contribution in [-0.4, -0.2) is 516 Å². The number of hydrogen-bond acceptors (Lipinski definition) is 48. The van der Waals surface area contributed by atoms with E-state index in [1.807, 2.05) is 0 Å². The summed E-state index contributed by atoms with van der Waals surface area (Å²) in [5.41, 5.74) is 0. The van der Waals surface area contributed by atoms with Crippen LogP contribution >= 0.6 is 70.6 Å². The zero-order valence-corrected chi connectivity index (χ0v) is 75.2. The van der Waals surface area contributed by atoms with Gasteiger partial charge in [0.25, 0.3) is 0 Å². The molecule has 0 aliphatic carbocycles. The van der Waals surface area contributed by atoms with Crippen LogP contribution in [0.25, 0.3) is 0 Å². The second kappa shape index (κ2) is 52.8. The van der Waals surface area contributed by atoms with Gasteiger partial charge in [0.15, 0.2) is 50.3 Å².